The molecule has 0 aliphatic carbocycles. The number of hydrogen-bond acceptors (Lipinski definition) is 4. The second kappa shape index (κ2) is 9.70. The minimum atomic E-state index is 0.792. The van der Waals surface area contributed by atoms with Crippen LogP contribution < -0.4 is 18.9 Å². The maximum atomic E-state index is 6.25. The van der Waals surface area contributed by atoms with E-state index in [0.29, 0.717) is 0 Å². The number of ether oxygens (including phenoxy) is 4. The first-order valence-corrected chi connectivity index (χ1v) is 21.4. The van der Waals surface area contributed by atoms with Gasteiger partial charge in [0.05, 0.1) is 28.4 Å². The van der Waals surface area contributed by atoms with Crippen LogP contribution in [0.25, 0.3) is 172 Å². The number of hydrogen-bond donors (Lipinski definition) is 0. The Balaban J connectivity index is 1.32. The second-order valence-corrected chi connectivity index (χ2v) is 17.9. The van der Waals surface area contributed by atoms with Crippen molar-refractivity contribution in [2.24, 2.45) is 0 Å². The molecule has 4 heteroatoms. The summed E-state index contributed by atoms with van der Waals surface area (Å²) in [5.41, 5.74) is 0. The van der Waals surface area contributed by atoms with Gasteiger partial charge in [0.2, 0.25) is 0 Å². The summed E-state index contributed by atoms with van der Waals surface area (Å²) in [5.74, 6) is 3.24. The van der Waals surface area contributed by atoms with Crippen molar-refractivity contribution in [2.45, 2.75) is 0 Å². The Morgan fingerprint density at radius 1 is 0.210 bits per heavy atom. The Morgan fingerprint density at radius 3 is 0.790 bits per heavy atom. The predicted molar refractivity (Wildman–Crippen MR) is 262 cm³/mol. The molecule has 0 saturated carbocycles. The van der Waals surface area contributed by atoms with E-state index in [4.69, 9.17) is 18.9 Å². The fourth-order valence-electron chi connectivity index (χ4n) is 13.8. The average molecular weight is 791 g/mol. The molecular weight excluding hydrogens is 761 g/mol. The van der Waals surface area contributed by atoms with E-state index in [9.17, 15) is 0 Å². The van der Waals surface area contributed by atoms with Gasteiger partial charge in [-0.3, -0.25) is 0 Å². The number of fused-ring (bicyclic) bond motifs is 10. The highest BCUT2D eigenvalue weighted by Crippen LogP contribution is 2.63. The SMILES string of the molecule is COc1cc(OC)c2c(c1)c1ccc3c4cccc5c6ccc7c8c(OC)cc(OC)cc8c8ccc9c%10cccc%11c%12ccc2c2c1c3c1c(c45)c3c6c7c8c9c3c(c%10%11)c1c%122. The molecule has 0 fully saturated rings. The van der Waals surface area contributed by atoms with Gasteiger partial charge >= 0.3 is 0 Å². The summed E-state index contributed by atoms with van der Waals surface area (Å²) < 4.78 is 24.4. The first kappa shape index (κ1) is 31.1. The van der Waals surface area contributed by atoms with E-state index in [1.54, 1.807) is 28.4 Å². The minimum absolute atomic E-state index is 0.792. The van der Waals surface area contributed by atoms with Gasteiger partial charge < -0.3 is 18.9 Å². The summed E-state index contributed by atoms with van der Waals surface area (Å²) >= 11 is 0. The van der Waals surface area contributed by atoms with E-state index >= 15 is 0 Å². The molecule has 0 N–H and O–H groups in total. The zero-order chi connectivity index (χ0) is 40.3. The molecule has 0 saturated heterocycles. The fraction of sp³-hybridized carbons (Fsp3) is 0.0690. The van der Waals surface area contributed by atoms with Crippen LogP contribution in [-0.2, 0) is 0 Å². The maximum absolute atomic E-state index is 6.25. The molecule has 0 atom stereocenters. The summed E-state index contributed by atoms with van der Waals surface area (Å²) in [4.78, 5) is 0. The average Bonchev–Trinajstić information content (AvgIpc) is 3.33. The number of methoxy groups -OCH3 is 4. The zero-order valence-corrected chi connectivity index (χ0v) is 34.0. The molecule has 62 heavy (non-hydrogen) atoms. The van der Waals surface area contributed by atoms with Crippen LogP contribution in [0.1, 0.15) is 0 Å². The van der Waals surface area contributed by atoms with Crippen molar-refractivity contribution in [3.63, 3.8) is 0 Å². The van der Waals surface area contributed by atoms with E-state index in [0.717, 1.165) is 44.5 Å². The van der Waals surface area contributed by atoms with E-state index in [1.807, 2.05) is 12.1 Å². The van der Waals surface area contributed by atoms with Crippen molar-refractivity contribution < 1.29 is 18.9 Å². The topological polar surface area (TPSA) is 36.9 Å². The third-order valence-electron chi connectivity index (χ3n) is 15.8. The predicted octanol–water partition coefficient (Wildman–Crippen LogP) is 15.7. The smallest absolute Gasteiger partial charge is 0.131 e. The lowest BCUT2D eigenvalue weighted by Gasteiger charge is -2.31. The third kappa shape index (κ3) is 2.92. The van der Waals surface area contributed by atoms with Gasteiger partial charge in [0.25, 0.3) is 0 Å². The van der Waals surface area contributed by atoms with E-state index < -0.39 is 0 Å². The van der Waals surface area contributed by atoms with Crippen LogP contribution in [-0.4, -0.2) is 28.4 Å². The molecule has 286 valence electrons. The Morgan fingerprint density at radius 2 is 0.468 bits per heavy atom. The zero-order valence-electron chi connectivity index (χ0n) is 34.0. The second-order valence-electron chi connectivity index (χ2n) is 17.9. The first-order chi connectivity index (χ1) is 30.6. The quantitative estimate of drug-likeness (QED) is 0.131. The van der Waals surface area contributed by atoms with Crippen LogP contribution in [0, 0.1) is 0 Å². The summed E-state index contributed by atoms with van der Waals surface area (Å²) in [6, 6.07) is 41.7. The normalized spacial score (nSPS) is 13.5. The van der Waals surface area contributed by atoms with Crippen LogP contribution in [0.3, 0.4) is 0 Å². The Hall–Kier alpha value is -7.82. The summed E-state index contributed by atoms with van der Waals surface area (Å²) in [6.45, 7) is 0. The molecule has 0 heterocycles. The summed E-state index contributed by atoms with van der Waals surface area (Å²) in [7, 11) is 7.06. The molecule has 17 rings (SSSR count). The van der Waals surface area contributed by atoms with Crippen LogP contribution in [0.5, 0.6) is 23.0 Å². The maximum Gasteiger partial charge on any atom is 0.131 e. The van der Waals surface area contributed by atoms with Gasteiger partial charge in [-0.15, -0.1) is 0 Å². The minimum Gasteiger partial charge on any atom is -0.497 e. The first-order valence-electron chi connectivity index (χ1n) is 21.4. The van der Waals surface area contributed by atoms with Crippen LogP contribution in [0.2, 0.25) is 0 Å². The van der Waals surface area contributed by atoms with Crippen molar-refractivity contribution in [2.75, 3.05) is 28.4 Å². The molecule has 0 aromatic heterocycles. The molecule has 4 nitrogen and oxygen atoms in total. The molecular formula is C58H30O4. The number of benzene rings is 17. The van der Waals surface area contributed by atoms with Gasteiger partial charge in [-0.25, -0.2) is 0 Å². The lowest BCUT2D eigenvalue weighted by molar-refractivity contribution is 0.398. The molecule has 0 bridgehead atoms. The lowest BCUT2D eigenvalue weighted by atomic mass is 9.71. The number of rotatable bonds is 4. The Bertz CT molecular complexity index is 4520. The molecule has 17 aromatic carbocycles. The van der Waals surface area contributed by atoms with Gasteiger partial charge in [-0.1, -0.05) is 84.9 Å². The van der Waals surface area contributed by atoms with Crippen LogP contribution >= 0.6 is 0 Å². The lowest BCUT2D eigenvalue weighted by Crippen LogP contribution is -2.02. The van der Waals surface area contributed by atoms with Gasteiger partial charge in [-0.2, -0.15) is 0 Å². The van der Waals surface area contributed by atoms with Gasteiger partial charge in [-0.05, 0) is 174 Å². The van der Waals surface area contributed by atoms with Gasteiger partial charge in [0, 0.05) is 22.9 Å². The third-order valence-corrected chi connectivity index (χ3v) is 15.8. The highest BCUT2D eigenvalue weighted by atomic mass is 16.5. The van der Waals surface area contributed by atoms with Gasteiger partial charge in [0.1, 0.15) is 23.0 Å². The largest absolute Gasteiger partial charge is 0.497 e. The summed E-state index contributed by atoms with van der Waals surface area (Å²) in [5, 5.41) is 41.6. The Labute approximate surface area is 350 Å². The van der Waals surface area contributed by atoms with Crippen molar-refractivity contribution >= 4 is 172 Å². The van der Waals surface area contributed by atoms with Crippen molar-refractivity contribution in [3.05, 3.63) is 109 Å². The fourth-order valence-corrected chi connectivity index (χ4v) is 13.8. The molecule has 0 radical (unpaired) electrons. The Kier molecular flexibility index (Phi) is 4.87. The van der Waals surface area contributed by atoms with E-state index in [-0.39, 0.29) is 0 Å². The van der Waals surface area contributed by atoms with Crippen molar-refractivity contribution in [3.8, 4) is 23.0 Å². The van der Waals surface area contributed by atoms with Crippen molar-refractivity contribution in [1.29, 1.82) is 0 Å². The van der Waals surface area contributed by atoms with E-state index in [1.165, 1.54) is 151 Å². The highest BCUT2D eigenvalue weighted by Gasteiger charge is 2.34. The van der Waals surface area contributed by atoms with Crippen molar-refractivity contribution in [1.82, 2.24) is 0 Å². The monoisotopic (exact) mass is 790 g/mol. The molecule has 0 amide bonds. The highest BCUT2D eigenvalue weighted by molar-refractivity contribution is 6.64. The van der Waals surface area contributed by atoms with Crippen LogP contribution in [0.4, 0.5) is 0 Å². The molecule has 0 unspecified atom stereocenters. The van der Waals surface area contributed by atoms with E-state index in [2.05, 4.69) is 97.1 Å². The molecule has 0 aliphatic rings. The summed E-state index contributed by atoms with van der Waals surface area (Å²) in [6.07, 6.45) is 0. The van der Waals surface area contributed by atoms with Crippen LogP contribution in [0.15, 0.2) is 109 Å². The molecule has 0 spiro atoms. The molecule has 17 aromatic rings. The van der Waals surface area contributed by atoms with Gasteiger partial charge in [0.15, 0.2) is 0 Å². The molecule has 0 aliphatic heterocycles. The standard InChI is InChI=1S/C58H30O4/c1-59-23-19-37-33-13-11-29-25-7-5-10-28-32-16-18-36-42-38(20-24(60-2)22-40(42)62-4)34-14-12-30-26-8-6-9-27-31-15-17-35(41(37)39(21-23)61-3)51-45(33)47(29)55-53(43(25)28)58-50(32)52(36)46(34)48(30)56(58)54(44(26)27)57(55)49(31)51/h5-22H,1-4H3.